The van der Waals surface area contributed by atoms with Crippen molar-refractivity contribution in [1.82, 2.24) is 15.5 Å². The van der Waals surface area contributed by atoms with Gasteiger partial charge in [-0.15, -0.1) is 0 Å². The first-order valence-corrected chi connectivity index (χ1v) is 8.33. The van der Waals surface area contributed by atoms with Crippen molar-refractivity contribution in [2.45, 2.75) is 37.5 Å². The molecule has 1 amide bonds. The molecule has 0 atom stereocenters. The van der Waals surface area contributed by atoms with Crippen LogP contribution < -0.4 is 10.5 Å². The Hall–Kier alpha value is -1.45. The number of amides is 1. The van der Waals surface area contributed by atoms with Crippen LogP contribution >= 0.6 is 0 Å². The standard InChI is InChI=1S/C12H22N4O4S/c1-3-6-9-11(21(13,18)19)10(16-15-9)12(17)14-7-4-5-8-20-2/h3-8H2,1-2H3,(H,14,17)(H,15,16)(H2,13,18,19). The molecule has 0 aliphatic heterocycles. The van der Waals surface area contributed by atoms with Crippen molar-refractivity contribution in [3.8, 4) is 0 Å². The van der Waals surface area contributed by atoms with Crippen molar-refractivity contribution < 1.29 is 17.9 Å². The van der Waals surface area contributed by atoms with Crippen LogP contribution in [-0.4, -0.2) is 44.8 Å². The maximum atomic E-state index is 12.0. The number of rotatable bonds is 9. The molecule has 0 radical (unpaired) electrons. The zero-order chi connectivity index (χ0) is 15.9. The molecule has 0 saturated carbocycles. The molecule has 21 heavy (non-hydrogen) atoms. The summed E-state index contributed by atoms with van der Waals surface area (Å²) in [5, 5.41) is 14.2. The first kappa shape index (κ1) is 17.6. The molecule has 1 aromatic rings. The minimum absolute atomic E-state index is 0.173. The summed E-state index contributed by atoms with van der Waals surface area (Å²) in [6, 6.07) is 0. The van der Waals surface area contributed by atoms with E-state index in [4.69, 9.17) is 9.88 Å². The zero-order valence-corrected chi connectivity index (χ0v) is 13.1. The number of hydrogen-bond donors (Lipinski definition) is 3. The lowest BCUT2D eigenvalue weighted by Gasteiger charge is -2.05. The Morgan fingerprint density at radius 3 is 2.71 bits per heavy atom. The summed E-state index contributed by atoms with van der Waals surface area (Å²) in [6.07, 6.45) is 2.71. The smallest absolute Gasteiger partial charge is 0.273 e. The van der Waals surface area contributed by atoms with E-state index in [9.17, 15) is 13.2 Å². The van der Waals surface area contributed by atoms with Gasteiger partial charge < -0.3 is 10.1 Å². The van der Waals surface area contributed by atoms with E-state index in [2.05, 4.69) is 15.5 Å². The first-order chi connectivity index (χ1) is 9.91. The molecular formula is C12H22N4O4S. The summed E-state index contributed by atoms with van der Waals surface area (Å²) in [5.74, 6) is -0.546. The van der Waals surface area contributed by atoms with Gasteiger partial charge in [-0.3, -0.25) is 9.89 Å². The molecule has 0 aliphatic rings. The fourth-order valence-electron chi connectivity index (χ4n) is 1.90. The van der Waals surface area contributed by atoms with Crippen molar-refractivity contribution in [2.24, 2.45) is 5.14 Å². The van der Waals surface area contributed by atoms with E-state index in [0.717, 1.165) is 12.8 Å². The first-order valence-electron chi connectivity index (χ1n) is 6.79. The number of nitrogens with zero attached hydrogens (tertiary/aromatic N) is 1. The number of unbranched alkanes of at least 4 members (excludes halogenated alkanes) is 1. The quantitative estimate of drug-likeness (QED) is 0.559. The van der Waals surface area contributed by atoms with Crippen molar-refractivity contribution in [3.05, 3.63) is 11.4 Å². The second-order valence-electron chi connectivity index (χ2n) is 4.63. The number of sulfonamides is 1. The molecule has 0 saturated heterocycles. The summed E-state index contributed by atoms with van der Waals surface area (Å²) < 4.78 is 28.2. The van der Waals surface area contributed by atoms with Gasteiger partial charge in [-0.25, -0.2) is 13.6 Å². The summed E-state index contributed by atoms with van der Waals surface area (Å²) >= 11 is 0. The molecule has 8 nitrogen and oxygen atoms in total. The lowest BCUT2D eigenvalue weighted by atomic mass is 10.2. The van der Waals surface area contributed by atoms with E-state index in [0.29, 0.717) is 31.7 Å². The molecule has 0 unspecified atom stereocenters. The molecule has 1 aromatic heterocycles. The minimum Gasteiger partial charge on any atom is -0.385 e. The molecule has 0 aliphatic carbocycles. The van der Waals surface area contributed by atoms with Crippen LogP contribution in [-0.2, 0) is 21.2 Å². The maximum absolute atomic E-state index is 12.0. The number of nitrogens with two attached hydrogens (primary N) is 1. The van der Waals surface area contributed by atoms with Crippen molar-refractivity contribution >= 4 is 15.9 Å². The number of H-pyrrole nitrogens is 1. The Kier molecular flexibility index (Phi) is 6.79. The average molecular weight is 318 g/mol. The molecule has 0 bridgehead atoms. The van der Waals surface area contributed by atoms with Gasteiger partial charge in [0, 0.05) is 20.3 Å². The van der Waals surface area contributed by atoms with Gasteiger partial charge in [-0.05, 0) is 19.3 Å². The predicted molar refractivity (Wildman–Crippen MR) is 77.4 cm³/mol. The molecule has 4 N–H and O–H groups in total. The molecule has 0 fully saturated rings. The highest BCUT2D eigenvalue weighted by atomic mass is 32.2. The Bertz CT molecular complexity index is 568. The van der Waals surface area contributed by atoms with Crippen LogP contribution in [0.25, 0.3) is 0 Å². The summed E-state index contributed by atoms with van der Waals surface area (Å²) in [4.78, 5) is 11.8. The van der Waals surface area contributed by atoms with E-state index in [1.807, 2.05) is 6.92 Å². The number of aryl methyl sites for hydroxylation is 1. The van der Waals surface area contributed by atoms with Crippen LogP contribution in [0.4, 0.5) is 0 Å². The number of methoxy groups -OCH3 is 1. The minimum atomic E-state index is -4.00. The van der Waals surface area contributed by atoms with E-state index in [-0.39, 0.29) is 10.6 Å². The molecule has 0 spiro atoms. The van der Waals surface area contributed by atoms with Gasteiger partial charge in [-0.1, -0.05) is 13.3 Å². The molecule has 120 valence electrons. The zero-order valence-electron chi connectivity index (χ0n) is 12.3. The van der Waals surface area contributed by atoms with Gasteiger partial charge in [0.25, 0.3) is 5.91 Å². The molecule has 1 heterocycles. The summed E-state index contributed by atoms with van der Waals surface area (Å²) in [6.45, 7) is 2.92. The number of carbonyl (C=O) groups excluding carboxylic acids is 1. The van der Waals surface area contributed by atoms with E-state index < -0.39 is 15.9 Å². The van der Waals surface area contributed by atoms with Crippen LogP contribution in [0.2, 0.25) is 0 Å². The van der Waals surface area contributed by atoms with Crippen LogP contribution in [0.1, 0.15) is 42.4 Å². The van der Waals surface area contributed by atoms with Crippen LogP contribution in [0, 0.1) is 0 Å². The van der Waals surface area contributed by atoms with Crippen LogP contribution in [0.15, 0.2) is 4.90 Å². The highest BCUT2D eigenvalue weighted by Crippen LogP contribution is 2.18. The topological polar surface area (TPSA) is 127 Å². The number of ether oxygens (including phenoxy) is 1. The van der Waals surface area contributed by atoms with E-state index >= 15 is 0 Å². The van der Waals surface area contributed by atoms with Crippen molar-refractivity contribution in [1.29, 1.82) is 0 Å². The second kappa shape index (κ2) is 8.11. The third-order valence-corrected chi connectivity index (χ3v) is 3.86. The SMILES string of the molecule is CCCc1[nH]nc(C(=O)NCCCCOC)c1S(N)(=O)=O. The third-order valence-electron chi connectivity index (χ3n) is 2.85. The Balaban J connectivity index is 2.80. The Labute approximate surface area is 124 Å². The summed E-state index contributed by atoms with van der Waals surface area (Å²) in [7, 11) is -2.39. The van der Waals surface area contributed by atoms with Crippen molar-refractivity contribution in [2.75, 3.05) is 20.3 Å². The fraction of sp³-hybridized carbons (Fsp3) is 0.667. The maximum Gasteiger partial charge on any atom is 0.273 e. The van der Waals surface area contributed by atoms with E-state index in [1.165, 1.54) is 0 Å². The lowest BCUT2D eigenvalue weighted by Crippen LogP contribution is -2.28. The third kappa shape index (κ3) is 5.10. The summed E-state index contributed by atoms with van der Waals surface area (Å²) in [5.41, 5.74) is 0.192. The molecule has 0 aromatic carbocycles. The highest BCUT2D eigenvalue weighted by Gasteiger charge is 2.26. The molecule has 1 rings (SSSR count). The molecular weight excluding hydrogens is 296 g/mol. The predicted octanol–water partition coefficient (Wildman–Crippen LogP) is 0.166. The highest BCUT2D eigenvalue weighted by molar-refractivity contribution is 7.89. The van der Waals surface area contributed by atoms with Crippen LogP contribution in [0.3, 0.4) is 0 Å². The fourth-order valence-corrected chi connectivity index (χ4v) is 2.80. The lowest BCUT2D eigenvalue weighted by molar-refractivity contribution is 0.0943. The van der Waals surface area contributed by atoms with Gasteiger partial charge in [0.05, 0.1) is 5.69 Å². The number of aromatic nitrogens is 2. The van der Waals surface area contributed by atoms with Gasteiger partial charge >= 0.3 is 0 Å². The number of aromatic amines is 1. The Morgan fingerprint density at radius 1 is 1.43 bits per heavy atom. The normalized spacial score (nSPS) is 11.6. The Morgan fingerprint density at radius 2 is 2.14 bits per heavy atom. The number of primary sulfonamides is 1. The largest absolute Gasteiger partial charge is 0.385 e. The monoisotopic (exact) mass is 318 g/mol. The number of hydrogen-bond acceptors (Lipinski definition) is 5. The van der Waals surface area contributed by atoms with Crippen LogP contribution in [0.5, 0.6) is 0 Å². The van der Waals surface area contributed by atoms with Gasteiger partial charge in [-0.2, -0.15) is 5.10 Å². The average Bonchev–Trinajstić information content (AvgIpc) is 2.82. The van der Waals surface area contributed by atoms with E-state index in [1.54, 1.807) is 7.11 Å². The number of carbonyl (C=O) groups is 1. The molecule has 9 heteroatoms. The van der Waals surface area contributed by atoms with Gasteiger partial charge in [0.15, 0.2) is 5.69 Å². The second-order valence-corrected chi connectivity index (χ2v) is 6.13. The van der Waals surface area contributed by atoms with Gasteiger partial charge in [0.1, 0.15) is 4.90 Å². The van der Waals surface area contributed by atoms with Crippen molar-refractivity contribution in [3.63, 3.8) is 0 Å². The van der Waals surface area contributed by atoms with Gasteiger partial charge in [0.2, 0.25) is 10.0 Å². The number of nitrogens with one attached hydrogen (secondary N) is 2.